The fraction of sp³-hybridized carbons (Fsp3) is 0.316. The maximum absolute atomic E-state index is 13.7. The van der Waals surface area contributed by atoms with Crippen molar-refractivity contribution in [3.05, 3.63) is 65.5 Å². The summed E-state index contributed by atoms with van der Waals surface area (Å²) in [5.41, 5.74) is 1.18. The summed E-state index contributed by atoms with van der Waals surface area (Å²) in [5, 5.41) is 12.2. The lowest BCUT2D eigenvalue weighted by molar-refractivity contribution is -0.693. The molecular formula is C19H23ClFNO3. The highest BCUT2D eigenvalue weighted by Crippen LogP contribution is 2.22. The van der Waals surface area contributed by atoms with E-state index in [9.17, 15) is 14.3 Å². The summed E-state index contributed by atoms with van der Waals surface area (Å²) >= 11 is 0. The van der Waals surface area contributed by atoms with Crippen LogP contribution in [0.2, 0.25) is 0 Å². The van der Waals surface area contributed by atoms with Gasteiger partial charge in [0.05, 0.1) is 20.1 Å². The maximum Gasteiger partial charge on any atom is 0.168 e. The van der Waals surface area contributed by atoms with E-state index in [0.717, 1.165) is 0 Å². The Morgan fingerprint density at radius 2 is 1.92 bits per heavy atom. The van der Waals surface area contributed by atoms with Crippen LogP contribution < -0.4 is 22.5 Å². The Labute approximate surface area is 153 Å². The van der Waals surface area contributed by atoms with E-state index in [0.29, 0.717) is 24.1 Å². The highest BCUT2D eigenvalue weighted by atomic mass is 35.5. The number of quaternary nitrogens is 1. The predicted octanol–water partition coefficient (Wildman–Crippen LogP) is -0.903. The smallest absolute Gasteiger partial charge is 0.168 e. The molecule has 0 heterocycles. The largest absolute Gasteiger partial charge is 1.00 e. The van der Waals surface area contributed by atoms with Crippen LogP contribution in [0.3, 0.4) is 0 Å². The Bertz CT molecular complexity index is 682. The van der Waals surface area contributed by atoms with Gasteiger partial charge in [0.15, 0.2) is 17.3 Å². The van der Waals surface area contributed by atoms with E-state index in [4.69, 9.17) is 4.74 Å². The molecule has 0 aliphatic heterocycles. The van der Waals surface area contributed by atoms with E-state index in [-0.39, 0.29) is 30.0 Å². The summed E-state index contributed by atoms with van der Waals surface area (Å²) in [6.07, 6.45) is -0.435. The summed E-state index contributed by atoms with van der Waals surface area (Å²) in [7, 11) is 1.40. The van der Waals surface area contributed by atoms with E-state index in [2.05, 4.69) is 0 Å². The second kappa shape index (κ2) is 10.1. The molecule has 6 heteroatoms. The van der Waals surface area contributed by atoms with Gasteiger partial charge >= 0.3 is 0 Å². The van der Waals surface area contributed by atoms with Crippen LogP contribution >= 0.6 is 0 Å². The number of aliphatic hydroxyl groups excluding tert-OH is 1. The van der Waals surface area contributed by atoms with Crippen LogP contribution in [0.4, 0.5) is 4.39 Å². The number of nitrogens with two attached hydrogens (primary N) is 1. The zero-order valence-corrected chi connectivity index (χ0v) is 15.0. The van der Waals surface area contributed by atoms with Gasteiger partial charge in [-0.3, -0.25) is 4.79 Å². The molecule has 2 aromatic rings. The van der Waals surface area contributed by atoms with Crippen molar-refractivity contribution in [2.24, 2.45) is 0 Å². The molecule has 2 atom stereocenters. The number of carbonyl (C=O) groups is 1. The van der Waals surface area contributed by atoms with Crippen LogP contribution in [0.5, 0.6) is 5.75 Å². The molecule has 2 unspecified atom stereocenters. The third-order valence-corrected chi connectivity index (χ3v) is 4.02. The van der Waals surface area contributed by atoms with Gasteiger partial charge in [-0.1, -0.05) is 36.4 Å². The van der Waals surface area contributed by atoms with Gasteiger partial charge in [0.2, 0.25) is 0 Å². The predicted molar refractivity (Wildman–Crippen MR) is 89.6 cm³/mol. The molecule has 0 bridgehead atoms. The second-order valence-corrected chi connectivity index (χ2v) is 5.76. The Hall–Kier alpha value is -1.95. The molecule has 0 spiro atoms. The maximum atomic E-state index is 13.7. The van der Waals surface area contributed by atoms with Crippen molar-refractivity contribution in [1.82, 2.24) is 0 Å². The first-order valence-corrected chi connectivity index (χ1v) is 7.96. The lowest BCUT2D eigenvalue weighted by Gasteiger charge is -2.18. The number of ketones is 1. The van der Waals surface area contributed by atoms with Gasteiger partial charge in [0.1, 0.15) is 12.1 Å². The minimum atomic E-state index is -0.822. The number of benzene rings is 2. The number of aliphatic hydroxyl groups is 1. The molecule has 2 rings (SSSR count). The van der Waals surface area contributed by atoms with Crippen LogP contribution in [0.25, 0.3) is 0 Å². The molecule has 0 amide bonds. The zero-order chi connectivity index (χ0) is 17.5. The standard InChI is InChI=1S/C19H22FNO3.ClH/c1-13(19(23)15-8-9-18(24-2)16(20)12-15)21-11-10-17(22)14-6-4-3-5-7-14;/h3-9,12-13,19,21,23H,10-11H2,1-2H3;1H. The van der Waals surface area contributed by atoms with Gasteiger partial charge in [-0.2, -0.15) is 0 Å². The van der Waals surface area contributed by atoms with Crippen molar-refractivity contribution >= 4 is 5.78 Å². The highest BCUT2D eigenvalue weighted by Gasteiger charge is 2.21. The van der Waals surface area contributed by atoms with Gasteiger partial charge in [-0.05, 0) is 24.6 Å². The first-order valence-electron chi connectivity index (χ1n) is 7.96. The Kier molecular flexibility index (Phi) is 8.55. The third-order valence-electron chi connectivity index (χ3n) is 4.02. The number of carbonyl (C=O) groups excluding carboxylic acids is 1. The summed E-state index contributed by atoms with van der Waals surface area (Å²) in [6, 6.07) is 13.4. The minimum Gasteiger partial charge on any atom is -1.00 e. The molecular weight excluding hydrogens is 345 g/mol. The van der Waals surface area contributed by atoms with Crippen LogP contribution in [-0.2, 0) is 0 Å². The summed E-state index contributed by atoms with van der Waals surface area (Å²) in [4.78, 5) is 12.0. The van der Waals surface area contributed by atoms with E-state index in [1.807, 2.05) is 30.4 Å². The summed E-state index contributed by atoms with van der Waals surface area (Å²) in [5.74, 6) is -0.277. The molecule has 0 aliphatic rings. The number of ether oxygens (including phenoxy) is 1. The van der Waals surface area contributed by atoms with Crippen LogP contribution in [-0.4, -0.2) is 30.6 Å². The molecule has 0 fully saturated rings. The first kappa shape index (κ1) is 21.1. The normalized spacial score (nSPS) is 12.8. The fourth-order valence-electron chi connectivity index (χ4n) is 2.54. The molecule has 25 heavy (non-hydrogen) atoms. The second-order valence-electron chi connectivity index (χ2n) is 5.76. The molecule has 0 saturated heterocycles. The average molecular weight is 368 g/mol. The summed E-state index contributed by atoms with van der Waals surface area (Å²) in [6.45, 7) is 2.41. The SMILES string of the molecule is COc1ccc(C(O)C(C)[NH2+]CCC(=O)c2ccccc2)cc1F.[Cl-]. The van der Waals surface area contributed by atoms with E-state index < -0.39 is 11.9 Å². The molecule has 0 saturated carbocycles. The number of hydrogen-bond donors (Lipinski definition) is 2. The monoisotopic (exact) mass is 367 g/mol. The van der Waals surface area contributed by atoms with Crippen molar-refractivity contribution in [3.8, 4) is 5.75 Å². The topological polar surface area (TPSA) is 63.1 Å². The van der Waals surface area contributed by atoms with Crippen molar-refractivity contribution in [2.45, 2.75) is 25.5 Å². The van der Waals surface area contributed by atoms with Crippen molar-refractivity contribution < 1.29 is 36.8 Å². The van der Waals surface area contributed by atoms with Crippen LogP contribution in [0, 0.1) is 5.82 Å². The Balaban J connectivity index is 0.00000312. The van der Waals surface area contributed by atoms with Gasteiger partial charge in [0, 0.05) is 5.56 Å². The average Bonchev–Trinajstić information content (AvgIpc) is 2.61. The summed E-state index contributed by atoms with van der Waals surface area (Å²) < 4.78 is 18.6. The lowest BCUT2D eigenvalue weighted by Crippen LogP contribution is -3.00. The fourth-order valence-corrected chi connectivity index (χ4v) is 2.54. The number of Topliss-reactive ketones (excluding diaryl/α,β-unsaturated/α-hetero) is 1. The quantitative estimate of drug-likeness (QED) is 0.594. The lowest BCUT2D eigenvalue weighted by atomic mass is 10.0. The van der Waals surface area contributed by atoms with Crippen LogP contribution in [0.1, 0.15) is 35.4 Å². The number of halogens is 2. The highest BCUT2D eigenvalue weighted by molar-refractivity contribution is 5.95. The Morgan fingerprint density at radius 3 is 2.52 bits per heavy atom. The van der Waals surface area contributed by atoms with Gasteiger partial charge < -0.3 is 27.6 Å². The zero-order valence-electron chi connectivity index (χ0n) is 14.3. The third kappa shape index (κ3) is 5.81. The van der Waals surface area contributed by atoms with Gasteiger partial charge in [-0.25, -0.2) is 4.39 Å². The molecule has 0 aromatic heterocycles. The van der Waals surface area contributed by atoms with E-state index in [1.165, 1.54) is 19.2 Å². The van der Waals surface area contributed by atoms with E-state index in [1.54, 1.807) is 18.2 Å². The van der Waals surface area contributed by atoms with Crippen molar-refractivity contribution in [2.75, 3.05) is 13.7 Å². The molecule has 3 N–H and O–H groups in total. The van der Waals surface area contributed by atoms with E-state index >= 15 is 0 Å². The number of hydrogen-bond acceptors (Lipinski definition) is 3. The molecule has 0 aliphatic carbocycles. The van der Waals surface area contributed by atoms with Gasteiger partial charge in [-0.15, -0.1) is 0 Å². The van der Waals surface area contributed by atoms with Crippen molar-refractivity contribution in [1.29, 1.82) is 0 Å². The Morgan fingerprint density at radius 1 is 1.24 bits per heavy atom. The first-order chi connectivity index (χ1) is 11.5. The van der Waals surface area contributed by atoms with Crippen LogP contribution in [0.15, 0.2) is 48.5 Å². The minimum absolute atomic E-state index is 0. The van der Waals surface area contributed by atoms with Crippen molar-refractivity contribution in [3.63, 3.8) is 0 Å². The number of methoxy groups -OCH3 is 1. The molecule has 0 radical (unpaired) electrons. The molecule has 136 valence electrons. The van der Waals surface area contributed by atoms with Gasteiger partial charge in [0.25, 0.3) is 0 Å². The number of rotatable bonds is 8. The molecule has 4 nitrogen and oxygen atoms in total. The molecule has 2 aromatic carbocycles.